The van der Waals surface area contributed by atoms with E-state index >= 15 is 0 Å². The van der Waals surface area contributed by atoms with Crippen molar-refractivity contribution in [3.8, 4) is 5.75 Å². The number of nitrogens with one attached hydrogen (secondary N) is 1. The number of rotatable bonds is 4. The van der Waals surface area contributed by atoms with Gasteiger partial charge in [0.2, 0.25) is 0 Å². The van der Waals surface area contributed by atoms with Crippen molar-refractivity contribution in [2.75, 3.05) is 19.4 Å². The highest BCUT2D eigenvalue weighted by atomic mass is 16.5. The molecule has 0 spiro atoms. The van der Waals surface area contributed by atoms with Gasteiger partial charge in [-0.15, -0.1) is 0 Å². The molecule has 3 N–H and O–H groups in total. The van der Waals surface area contributed by atoms with Gasteiger partial charge in [0, 0.05) is 12.2 Å². The molecule has 1 aliphatic rings. The van der Waals surface area contributed by atoms with Crippen LogP contribution < -0.4 is 15.8 Å². The van der Waals surface area contributed by atoms with Crippen LogP contribution in [0.3, 0.4) is 0 Å². The quantitative estimate of drug-likeness (QED) is 0.831. The summed E-state index contributed by atoms with van der Waals surface area (Å²) in [5.41, 5.74) is 7.33. The lowest BCUT2D eigenvalue weighted by atomic mass is 10.0. The van der Waals surface area contributed by atoms with E-state index in [1.54, 1.807) is 25.3 Å². The molecule has 4 nitrogen and oxygen atoms in total. The number of anilines is 1. The maximum atomic E-state index is 12.2. The first-order valence-corrected chi connectivity index (χ1v) is 6.93. The molecular formula is C16H24N2O2. The molecule has 20 heavy (non-hydrogen) atoms. The molecule has 1 aliphatic carbocycles. The average Bonchev–Trinajstić information content (AvgIpc) is 2.77. The Morgan fingerprint density at radius 1 is 1.30 bits per heavy atom. The van der Waals surface area contributed by atoms with Crippen LogP contribution in [0.4, 0.5) is 5.69 Å². The smallest absolute Gasteiger partial charge is 0.253 e. The van der Waals surface area contributed by atoms with Crippen molar-refractivity contribution >= 4 is 11.6 Å². The number of benzene rings is 1. The lowest BCUT2D eigenvalue weighted by molar-refractivity contribution is 0.0950. The molecule has 0 bridgehead atoms. The first kappa shape index (κ1) is 14.7. The largest absolute Gasteiger partial charge is 0.497 e. The highest BCUT2D eigenvalue weighted by Gasteiger charge is 2.64. The zero-order chi connectivity index (χ0) is 15.1. The number of carbonyl (C=O) groups is 1. The van der Waals surface area contributed by atoms with Gasteiger partial charge in [0.25, 0.3) is 5.91 Å². The van der Waals surface area contributed by atoms with Gasteiger partial charge >= 0.3 is 0 Å². The van der Waals surface area contributed by atoms with Gasteiger partial charge in [-0.1, -0.05) is 27.7 Å². The summed E-state index contributed by atoms with van der Waals surface area (Å²) < 4.78 is 5.13. The molecule has 1 aromatic rings. The number of carbonyl (C=O) groups excluding carboxylic acids is 1. The summed E-state index contributed by atoms with van der Waals surface area (Å²) in [5, 5.41) is 2.99. The molecule has 0 heterocycles. The van der Waals surface area contributed by atoms with Crippen molar-refractivity contribution in [2.24, 2.45) is 16.7 Å². The summed E-state index contributed by atoms with van der Waals surface area (Å²) in [4.78, 5) is 12.2. The maximum absolute atomic E-state index is 12.2. The van der Waals surface area contributed by atoms with Crippen molar-refractivity contribution in [2.45, 2.75) is 27.7 Å². The van der Waals surface area contributed by atoms with E-state index in [2.05, 4.69) is 33.0 Å². The van der Waals surface area contributed by atoms with Crippen molar-refractivity contribution in [1.82, 2.24) is 5.32 Å². The van der Waals surface area contributed by atoms with Gasteiger partial charge in [-0.2, -0.15) is 0 Å². The number of hydrogen-bond acceptors (Lipinski definition) is 3. The van der Waals surface area contributed by atoms with Crippen LogP contribution in [0.15, 0.2) is 18.2 Å². The Hall–Kier alpha value is -1.71. The fourth-order valence-corrected chi connectivity index (χ4v) is 2.99. The molecule has 1 fully saturated rings. The molecule has 0 atom stereocenters. The summed E-state index contributed by atoms with van der Waals surface area (Å²) in [6, 6.07) is 5.12. The highest BCUT2D eigenvalue weighted by Crippen LogP contribution is 2.67. The Morgan fingerprint density at radius 2 is 1.90 bits per heavy atom. The van der Waals surface area contributed by atoms with Crippen molar-refractivity contribution < 1.29 is 9.53 Å². The standard InChI is InChI=1S/C16H24N2O2/c1-15(2)13(16(15,3)4)9-18-14(19)11-8-10(20-5)6-7-12(11)17/h6-8,13H,9,17H2,1-5H3,(H,18,19). The molecule has 1 amide bonds. The number of nitrogens with two attached hydrogens (primary N) is 1. The van der Waals surface area contributed by atoms with Gasteiger partial charge in [0.1, 0.15) is 5.75 Å². The molecule has 0 unspecified atom stereocenters. The summed E-state index contributed by atoms with van der Waals surface area (Å²) >= 11 is 0. The van der Waals surface area contributed by atoms with Gasteiger partial charge in [0.15, 0.2) is 0 Å². The van der Waals surface area contributed by atoms with Crippen molar-refractivity contribution in [3.63, 3.8) is 0 Å². The number of nitrogen functional groups attached to an aromatic ring is 1. The Balaban J connectivity index is 2.03. The van der Waals surface area contributed by atoms with E-state index in [0.29, 0.717) is 29.5 Å². The van der Waals surface area contributed by atoms with E-state index in [1.807, 2.05) is 0 Å². The van der Waals surface area contributed by atoms with E-state index in [1.165, 1.54) is 0 Å². The number of hydrogen-bond donors (Lipinski definition) is 2. The molecule has 2 rings (SSSR count). The average molecular weight is 276 g/mol. The molecular weight excluding hydrogens is 252 g/mol. The van der Waals surface area contributed by atoms with Crippen molar-refractivity contribution in [1.29, 1.82) is 0 Å². The zero-order valence-electron chi connectivity index (χ0n) is 12.9. The van der Waals surface area contributed by atoms with Crippen LogP contribution in [0.2, 0.25) is 0 Å². The van der Waals surface area contributed by atoms with Crippen molar-refractivity contribution in [3.05, 3.63) is 23.8 Å². The second kappa shape index (κ2) is 4.69. The van der Waals surface area contributed by atoms with Crippen LogP contribution >= 0.6 is 0 Å². The summed E-state index contributed by atoms with van der Waals surface area (Å²) in [5.74, 6) is 0.988. The summed E-state index contributed by atoms with van der Waals surface area (Å²) in [6.07, 6.45) is 0. The van der Waals surface area contributed by atoms with E-state index in [-0.39, 0.29) is 16.7 Å². The molecule has 1 aromatic carbocycles. The fraction of sp³-hybridized carbons (Fsp3) is 0.562. The Morgan fingerprint density at radius 3 is 2.40 bits per heavy atom. The number of amides is 1. The predicted molar refractivity (Wildman–Crippen MR) is 80.8 cm³/mol. The Bertz CT molecular complexity index is 521. The topological polar surface area (TPSA) is 64.3 Å². The first-order valence-electron chi connectivity index (χ1n) is 6.93. The third kappa shape index (κ3) is 2.23. The van der Waals surface area contributed by atoms with Gasteiger partial charge in [-0.25, -0.2) is 0 Å². The monoisotopic (exact) mass is 276 g/mol. The SMILES string of the molecule is COc1ccc(N)c(C(=O)NCC2C(C)(C)C2(C)C)c1. The summed E-state index contributed by atoms with van der Waals surface area (Å²) in [6.45, 7) is 9.64. The second-order valence-electron chi connectivity index (χ2n) is 6.66. The highest BCUT2D eigenvalue weighted by molar-refractivity contribution is 5.99. The van der Waals surface area contributed by atoms with Crippen LogP contribution in [0, 0.1) is 16.7 Å². The number of methoxy groups -OCH3 is 1. The van der Waals surface area contributed by atoms with Crippen LogP contribution in [0.5, 0.6) is 5.75 Å². The molecule has 0 saturated heterocycles. The lowest BCUT2D eigenvalue weighted by Gasteiger charge is -2.10. The molecule has 110 valence electrons. The molecule has 0 aliphatic heterocycles. The van der Waals surface area contributed by atoms with Crippen LogP contribution in [0.1, 0.15) is 38.1 Å². The van der Waals surface area contributed by atoms with E-state index in [0.717, 1.165) is 0 Å². The third-order valence-electron chi connectivity index (χ3n) is 5.29. The number of ether oxygens (including phenoxy) is 1. The molecule has 0 aromatic heterocycles. The second-order valence-corrected chi connectivity index (χ2v) is 6.66. The fourth-order valence-electron chi connectivity index (χ4n) is 2.99. The van der Waals surface area contributed by atoms with Crippen LogP contribution in [0.25, 0.3) is 0 Å². The minimum absolute atomic E-state index is 0.139. The van der Waals surface area contributed by atoms with Gasteiger partial charge < -0.3 is 15.8 Å². The van der Waals surface area contributed by atoms with E-state index in [9.17, 15) is 4.79 Å². The summed E-state index contributed by atoms with van der Waals surface area (Å²) in [7, 11) is 1.57. The maximum Gasteiger partial charge on any atom is 0.253 e. The van der Waals surface area contributed by atoms with Crippen LogP contribution in [-0.2, 0) is 0 Å². The Kier molecular flexibility index (Phi) is 3.44. The molecule has 0 radical (unpaired) electrons. The minimum Gasteiger partial charge on any atom is -0.497 e. The Labute approximate surface area is 120 Å². The molecule has 4 heteroatoms. The lowest BCUT2D eigenvalue weighted by Crippen LogP contribution is -2.27. The van der Waals surface area contributed by atoms with Gasteiger partial charge in [-0.3, -0.25) is 4.79 Å². The normalized spacial score (nSPS) is 19.4. The predicted octanol–water partition coefficient (Wildman–Crippen LogP) is 2.69. The van der Waals surface area contributed by atoms with Gasteiger partial charge in [-0.05, 0) is 34.9 Å². The van der Waals surface area contributed by atoms with E-state index in [4.69, 9.17) is 10.5 Å². The third-order valence-corrected chi connectivity index (χ3v) is 5.29. The van der Waals surface area contributed by atoms with Crippen LogP contribution in [-0.4, -0.2) is 19.6 Å². The first-order chi connectivity index (χ1) is 9.21. The molecule has 1 saturated carbocycles. The zero-order valence-corrected chi connectivity index (χ0v) is 12.9. The van der Waals surface area contributed by atoms with E-state index < -0.39 is 0 Å². The van der Waals surface area contributed by atoms with Gasteiger partial charge in [0.05, 0.1) is 12.7 Å². The minimum atomic E-state index is -0.139.